The van der Waals surface area contributed by atoms with Crippen molar-refractivity contribution in [3.8, 4) is 29.7 Å². The number of benzene rings is 1. The number of nitriles is 3. The molecule has 0 bridgehead atoms. The van der Waals surface area contributed by atoms with Gasteiger partial charge in [0.1, 0.15) is 29.7 Å². The van der Waals surface area contributed by atoms with Crippen molar-refractivity contribution in [2.75, 3.05) is 5.32 Å². The summed E-state index contributed by atoms with van der Waals surface area (Å²) in [5.41, 5.74) is 1.55. The van der Waals surface area contributed by atoms with Crippen LogP contribution >= 0.6 is 0 Å². The minimum Gasteiger partial charge on any atom is -0.441 e. The Morgan fingerprint density at radius 2 is 1.77 bits per heavy atom. The molecular formula is C16H11N5O. The maximum absolute atomic E-state index is 9.12. The molecule has 0 fully saturated rings. The normalized spacial score (nSPS) is 9.23. The van der Waals surface area contributed by atoms with Crippen molar-refractivity contribution in [1.82, 2.24) is 4.98 Å². The zero-order valence-electron chi connectivity index (χ0n) is 12.0. The van der Waals surface area contributed by atoms with Crippen LogP contribution in [0, 0.1) is 47.8 Å². The summed E-state index contributed by atoms with van der Waals surface area (Å²) in [6.45, 7) is 3.65. The topological polar surface area (TPSA) is 109 Å². The second-order valence-corrected chi connectivity index (χ2v) is 4.42. The number of aryl methyl sites for hydroxylation is 2. The predicted octanol–water partition coefficient (Wildman–Crippen LogP) is 3.20. The SMILES string of the molecule is Cc1nc(-c2ccccc2NC(C#N)=C(C#N)C#N)oc1C. The van der Waals surface area contributed by atoms with Gasteiger partial charge in [-0.2, -0.15) is 15.8 Å². The fraction of sp³-hybridized carbons (Fsp3) is 0.125. The Morgan fingerprint density at radius 3 is 2.32 bits per heavy atom. The van der Waals surface area contributed by atoms with Crippen molar-refractivity contribution in [2.45, 2.75) is 13.8 Å². The highest BCUT2D eigenvalue weighted by Gasteiger charge is 2.14. The Bertz CT molecular complexity index is 836. The van der Waals surface area contributed by atoms with Gasteiger partial charge in [0.2, 0.25) is 5.89 Å². The van der Waals surface area contributed by atoms with E-state index in [0.29, 0.717) is 22.9 Å². The zero-order valence-corrected chi connectivity index (χ0v) is 12.0. The average Bonchev–Trinajstić information content (AvgIpc) is 2.87. The van der Waals surface area contributed by atoms with Crippen molar-refractivity contribution in [3.63, 3.8) is 0 Å². The maximum Gasteiger partial charge on any atom is 0.228 e. The van der Waals surface area contributed by atoms with Crippen LogP contribution in [-0.2, 0) is 0 Å². The second kappa shape index (κ2) is 6.26. The fourth-order valence-electron chi connectivity index (χ4n) is 1.78. The van der Waals surface area contributed by atoms with E-state index in [1.807, 2.05) is 19.9 Å². The van der Waals surface area contributed by atoms with E-state index in [9.17, 15) is 0 Å². The fourth-order valence-corrected chi connectivity index (χ4v) is 1.78. The Hall–Kier alpha value is -3.56. The van der Waals surface area contributed by atoms with Crippen LogP contribution in [0.25, 0.3) is 11.5 Å². The van der Waals surface area contributed by atoms with Crippen LogP contribution in [0.5, 0.6) is 0 Å². The van der Waals surface area contributed by atoms with Gasteiger partial charge in [0.15, 0.2) is 5.57 Å². The van der Waals surface area contributed by atoms with Crippen molar-refractivity contribution in [1.29, 1.82) is 15.8 Å². The van der Waals surface area contributed by atoms with Gasteiger partial charge in [0.05, 0.1) is 16.9 Å². The minimum atomic E-state index is -0.280. The third-order valence-electron chi connectivity index (χ3n) is 3.03. The Labute approximate surface area is 127 Å². The number of oxazole rings is 1. The highest BCUT2D eigenvalue weighted by molar-refractivity contribution is 5.75. The summed E-state index contributed by atoms with van der Waals surface area (Å²) in [7, 11) is 0. The van der Waals surface area contributed by atoms with Crippen molar-refractivity contribution in [3.05, 3.63) is 47.0 Å². The number of nitrogens with one attached hydrogen (secondary N) is 1. The molecule has 2 aromatic rings. The lowest BCUT2D eigenvalue weighted by Gasteiger charge is -2.08. The molecule has 0 aliphatic heterocycles. The molecule has 0 saturated heterocycles. The van der Waals surface area contributed by atoms with E-state index >= 15 is 0 Å². The number of para-hydroxylation sites is 1. The first kappa shape index (κ1) is 14.8. The zero-order chi connectivity index (χ0) is 16.1. The highest BCUT2D eigenvalue weighted by Crippen LogP contribution is 2.29. The van der Waals surface area contributed by atoms with Crippen LogP contribution in [0.2, 0.25) is 0 Å². The molecule has 0 radical (unpaired) electrons. The van der Waals surface area contributed by atoms with Crippen LogP contribution in [-0.4, -0.2) is 4.98 Å². The molecule has 1 heterocycles. The summed E-state index contributed by atoms with van der Waals surface area (Å²) < 4.78 is 5.59. The first-order valence-electron chi connectivity index (χ1n) is 6.35. The van der Waals surface area contributed by atoms with Crippen LogP contribution < -0.4 is 5.32 Å². The van der Waals surface area contributed by atoms with Gasteiger partial charge in [-0.05, 0) is 26.0 Å². The smallest absolute Gasteiger partial charge is 0.228 e. The standard InChI is InChI=1S/C16H11N5O/c1-10-11(2)22-16(20-10)13-5-3-4-6-14(13)21-15(9-19)12(7-17)8-18/h3-6,21H,1-2H3. The van der Waals surface area contributed by atoms with Crippen LogP contribution in [0.4, 0.5) is 5.69 Å². The lowest BCUT2D eigenvalue weighted by molar-refractivity contribution is 0.541. The van der Waals surface area contributed by atoms with Gasteiger partial charge in [-0.15, -0.1) is 0 Å². The lowest BCUT2D eigenvalue weighted by Crippen LogP contribution is -2.02. The third-order valence-corrected chi connectivity index (χ3v) is 3.03. The molecule has 0 atom stereocenters. The molecule has 0 unspecified atom stereocenters. The van der Waals surface area contributed by atoms with Gasteiger partial charge in [-0.3, -0.25) is 0 Å². The molecule has 1 aromatic carbocycles. The average molecular weight is 289 g/mol. The molecule has 6 nitrogen and oxygen atoms in total. The van der Waals surface area contributed by atoms with Crippen LogP contribution in [0.15, 0.2) is 40.0 Å². The highest BCUT2D eigenvalue weighted by atomic mass is 16.4. The van der Waals surface area contributed by atoms with Gasteiger partial charge in [0, 0.05) is 0 Å². The summed E-state index contributed by atoms with van der Waals surface area (Å²) in [5, 5.41) is 29.7. The van der Waals surface area contributed by atoms with Gasteiger partial charge in [-0.1, -0.05) is 12.1 Å². The summed E-state index contributed by atoms with van der Waals surface area (Å²) >= 11 is 0. The molecule has 0 aliphatic carbocycles. The minimum absolute atomic E-state index is 0.113. The summed E-state index contributed by atoms with van der Waals surface area (Å²) in [6.07, 6.45) is 0. The number of aromatic nitrogens is 1. The van der Waals surface area contributed by atoms with Gasteiger partial charge < -0.3 is 9.73 Å². The monoisotopic (exact) mass is 289 g/mol. The lowest BCUT2D eigenvalue weighted by atomic mass is 10.1. The molecule has 0 aliphatic rings. The number of rotatable bonds is 3. The molecule has 0 spiro atoms. The largest absolute Gasteiger partial charge is 0.441 e. The molecule has 6 heteroatoms. The van der Waals surface area contributed by atoms with E-state index in [4.69, 9.17) is 20.2 Å². The number of allylic oxidation sites excluding steroid dienone is 2. The van der Waals surface area contributed by atoms with Gasteiger partial charge in [0.25, 0.3) is 0 Å². The molecule has 1 aromatic heterocycles. The Kier molecular flexibility index (Phi) is 4.22. The number of nitrogens with zero attached hydrogens (tertiary/aromatic N) is 4. The van der Waals surface area contributed by atoms with Crippen molar-refractivity contribution >= 4 is 5.69 Å². The van der Waals surface area contributed by atoms with E-state index in [-0.39, 0.29) is 11.3 Å². The Balaban J connectivity index is 2.51. The molecule has 22 heavy (non-hydrogen) atoms. The van der Waals surface area contributed by atoms with E-state index < -0.39 is 0 Å². The molecule has 0 amide bonds. The first-order valence-corrected chi connectivity index (χ1v) is 6.35. The molecule has 106 valence electrons. The predicted molar refractivity (Wildman–Crippen MR) is 78.9 cm³/mol. The quantitative estimate of drug-likeness (QED) is 0.869. The number of hydrogen-bond donors (Lipinski definition) is 1. The van der Waals surface area contributed by atoms with E-state index in [0.717, 1.165) is 5.69 Å². The molecule has 1 N–H and O–H groups in total. The van der Waals surface area contributed by atoms with Crippen LogP contribution in [0.3, 0.4) is 0 Å². The maximum atomic E-state index is 9.12. The van der Waals surface area contributed by atoms with Crippen molar-refractivity contribution in [2.24, 2.45) is 0 Å². The van der Waals surface area contributed by atoms with Crippen LogP contribution in [0.1, 0.15) is 11.5 Å². The third kappa shape index (κ3) is 2.80. The van der Waals surface area contributed by atoms with E-state index in [1.54, 1.807) is 36.4 Å². The number of hydrogen-bond acceptors (Lipinski definition) is 6. The molecule has 2 rings (SSSR count). The molecule has 0 saturated carbocycles. The van der Waals surface area contributed by atoms with Gasteiger partial charge >= 0.3 is 0 Å². The van der Waals surface area contributed by atoms with Crippen molar-refractivity contribution < 1.29 is 4.42 Å². The Morgan fingerprint density at radius 1 is 1.09 bits per heavy atom. The molecular weight excluding hydrogens is 278 g/mol. The van der Waals surface area contributed by atoms with E-state index in [1.165, 1.54) is 0 Å². The summed E-state index contributed by atoms with van der Waals surface area (Å²) in [4.78, 5) is 4.32. The number of anilines is 1. The summed E-state index contributed by atoms with van der Waals surface area (Å²) in [6, 6.07) is 12.3. The van der Waals surface area contributed by atoms with Gasteiger partial charge in [-0.25, -0.2) is 4.98 Å². The summed E-state index contributed by atoms with van der Waals surface area (Å²) in [5.74, 6) is 1.11. The first-order chi connectivity index (χ1) is 10.6. The second-order valence-electron chi connectivity index (χ2n) is 4.42. The van der Waals surface area contributed by atoms with E-state index in [2.05, 4.69) is 10.3 Å².